The van der Waals surface area contributed by atoms with E-state index in [2.05, 4.69) is 21.3 Å². The Morgan fingerprint density at radius 2 is 0.955 bits per heavy atom. The van der Waals surface area contributed by atoms with Gasteiger partial charge in [0.1, 0.15) is 0 Å². The predicted molar refractivity (Wildman–Crippen MR) is 91.3 cm³/mol. The van der Waals surface area contributed by atoms with Crippen LogP contribution in [-0.2, 0) is 9.59 Å². The van der Waals surface area contributed by atoms with Crippen molar-refractivity contribution in [2.75, 3.05) is 53.4 Å². The van der Waals surface area contributed by atoms with Gasteiger partial charge in [-0.3, -0.25) is 9.59 Å². The van der Waals surface area contributed by atoms with E-state index < -0.39 is 0 Å². The second-order valence-electron chi connectivity index (χ2n) is 5.61. The van der Waals surface area contributed by atoms with Gasteiger partial charge in [0.25, 0.3) is 0 Å². The number of ketones is 2. The lowest BCUT2D eigenvalue weighted by molar-refractivity contribution is -0.118. The Morgan fingerprint density at radius 1 is 0.591 bits per heavy atom. The number of hydrogen-bond acceptors (Lipinski definition) is 6. The molecule has 6 nitrogen and oxygen atoms in total. The van der Waals surface area contributed by atoms with Crippen molar-refractivity contribution in [1.29, 1.82) is 0 Å². The van der Waals surface area contributed by atoms with E-state index in [1.54, 1.807) is 14.1 Å². The van der Waals surface area contributed by atoms with Crippen LogP contribution in [0.4, 0.5) is 0 Å². The van der Waals surface area contributed by atoms with Crippen LogP contribution in [0.15, 0.2) is 0 Å². The number of hydrogen-bond donors (Lipinski definition) is 4. The smallest absolute Gasteiger partial charge is 0.160 e. The molecule has 0 aliphatic heterocycles. The topological polar surface area (TPSA) is 82.3 Å². The summed E-state index contributed by atoms with van der Waals surface area (Å²) in [6.45, 7) is 3.68. The molecule has 0 aliphatic rings. The number of carbonyl (C=O) groups is 2. The van der Waals surface area contributed by atoms with Crippen LogP contribution in [0.3, 0.4) is 0 Å². The van der Waals surface area contributed by atoms with Gasteiger partial charge >= 0.3 is 0 Å². The molecule has 4 N–H and O–H groups in total. The number of unbranched alkanes of at least 4 members (excludes halogenated alkanes) is 5. The van der Waals surface area contributed by atoms with Crippen molar-refractivity contribution in [3.63, 3.8) is 0 Å². The fourth-order valence-corrected chi connectivity index (χ4v) is 2.18. The minimum Gasteiger partial charge on any atom is -0.313 e. The summed E-state index contributed by atoms with van der Waals surface area (Å²) in [7, 11) is 3.57. The SMILES string of the molecule is CNCC(=O)CNCCCCCCCCNCC(=O)CNC. The summed E-state index contributed by atoms with van der Waals surface area (Å²) < 4.78 is 0. The van der Waals surface area contributed by atoms with Gasteiger partial charge in [-0.1, -0.05) is 25.7 Å². The first kappa shape index (κ1) is 21.2. The molecule has 0 spiro atoms. The van der Waals surface area contributed by atoms with Crippen molar-refractivity contribution >= 4 is 11.6 Å². The third kappa shape index (κ3) is 15.6. The van der Waals surface area contributed by atoms with Gasteiger partial charge in [0.15, 0.2) is 11.6 Å². The Bertz CT molecular complexity index is 257. The summed E-state index contributed by atoms with van der Waals surface area (Å²) >= 11 is 0. The van der Waals surface area contributed by atoms with Gasteiger partial charge in [-0.25, -0.2) is 0 Å². The van der Waals surface area contributed by atoms with Crippen LogP contribution >= 0.6 is 0 Å². The summed E-state index contributed by atoms with van der Waals surface area (Å²) in [6, 6.07) is 0. The highest BCUT2D eigenvalue weighted by Gasteiger charge is 1.99. The first-order chi connectivity index (χ1) is 10.7. The van der Waals surface area contributed by atoms with Gasteiger partial charge in [-0.2, -0.15) is 0 Å². The molecule has 0 atom stereocenters. The standard InChI is InChI=1S/C16H34N4O2/c1-17-11-15(21)13-19-9-7-5-3-4-6-8-10-20-14-16(22)12-18-2/h17-20H,3-14H2,1-2H3. The quantitative estimate of drug-likeness (QED) is 0.285. The molecule has 0 fully saturated rings. The van der Waals surface area contributed by atoms with E-state index >= 15 is 0 Å². The highest BCUT2D eigenvalue weighted by molar-refractivity contribution is 5.82. The summed E-state index contributed by atoms with van der Waals surface area (Å²) in [5.41, 5.74) is 0. The van der Waals surface area contributed by atoms with Crippen LogP contribution < -0.4 is 21.3 Å². The average Bonchev–Trinajstić information content (AvgIpc) is 2.49. The predicted octanol–water partition coefficient (Wildman–Crippen LogP) is 0.0832. The third-order valence-electron chi connectivity index (χ3n) is 3.35. The highest BCUT2D eigenvalue weighted by Crippen LogP contribution is 2.04. The van der Waals surface area contributed by atoms with Gasteiger partial charge < -0.3 is 21.3 Å². The fraction of sp³-hybridized carbons (Fsp3) is 0.875. The van der Waals surface area contributed by atoms with E-state index in [0.29, 0.717) is 26.2 Å². The average molecular weight is 314 g/mol. The summed E-state index contributed by atoms with van der Waals surface area (Å²) in [5.74, 6) is 0.423. The second-order valence-corrected chi connectivity index (χ2v) is 5.61. The molecule has 0 unspecified atom stereocenters. The van der Waals surface area contributed by atoms with Crippen molar-refractivity contribution in [2.24, 2.45) is 0 Å². The van der Waals surface area contributed by atoms with Crippen molar-refractivity contribution in [2.45, 2.75) is 38.5 Å². The number of likely N-dealkylation sites (N-methyl/N-ethyl adjacent to an activating group) is 2. The zero-order valence-electron chi connectivity index (χ0n) is 14.3. The normalized spacial score (nSPS) is 10.8. The minimum absolute atomic E-state index is 0.211. The summed E-state index contributed by atoms with van der Waals surface area (Å²) in [4.78, 5) is 22.5. The maximum absolute atomic E-state index is 11.2. The van der Waals surface area contributed by atoms with Crippen molar-refractivity contribution < 1.29 is 9.59 Å². The molecule has 0 bridgehead atoms. The largest absolute Gasteiger partial charge is 0.313 e. The van der Waals surface area contributed by atoms with E-state index in [4.69, 9.17) is 0 Å². The molecule has 6 heteroatoms. The van der Waals surface area contributed by atoms with Crippen LogP contribution in [0.5, 0.6) is 0 Å². The Balaban J connectivity index is 3.11. The van der Waals surface area contributed by atoms with Crippen molar-refractivity contribution in [1.82, 2.24) is 21.3 Å². The van der Waals surface area contributed by atoms with Crippen molar-refractivity contribution in [3.8, 4) is 0 Å². The number of nitrogens with one attached hydrogen (secondary N) is 4. The van der Waals surface area contributed by atoms with Gasteiger partial charge in [-0.05, 0) is 40.0 Å². The van der Waals surface area contributed by atoms with Crippen molar-refractivity contribution in [3.05, 3.63) is 0 Å². The van der Waals surface area contributed by atoms with Gasteiger partial charge in [0.2, 0.25) is 0 Å². The molecule has 22 heavy (non-hydrogen) atoms. The van der Waals surface area contributed by atoms with Crippen LogP contribution in [0.1, 0.15) is 38.5 Å². The number of carbonyl (C=O) groups excluding carboxylic acids is 2. The second kappa shape index (κ2) is 16.5. The van der Waals surface area contributed by atoms with E-state index in [9.17, 15) is 9.59 Å². The molecule has 0 radical (unpaired) electrons. The maximum Gasteiger partial charge on any atom is 0.160 e. The minimum atomic E-state index is 0.211. The van der Waals surface area contributed by atoms with Crippen LogP contribution in [-0.4, -0.2) is 64.9 Å². The first-order valence-corrected chi connectivity index (χ1v) is 8.44. The molecular formula is C16H34N4O2. The lowest BCUT2D eigenvalue weighted by Crippen LogP contribution is -2.30. The molecule has 0 saturated carbocycles. The third-order valence-corrected chi connectivity index (χ3v) is 3.35. The summed E-state index contributed by atoms with van der Waals surface area (Å²) in [6.07, 6.45) is 7.16. The van der Waals surface area contributed by atoms with E-state index in [-0.39, 0.29) is 11.6 Å². The first-order valence-electron chi connectivity index (χ1n) is 8.44. The lowest BCUT2D eigenvalue weighted by atomic mass is 10.1. The monoisotopic (exact) mass is 314 g/mol. The Hall–Kier alpha value is -0.820. The highest BCUT2D eigenvalue weighted by atomic mass is 16.1. The molecule has 0 aliphatic carbocycles. The Morgan fingerprint density at radius 3 is 1.32 bits per heavy atom. The molecule has 0 aromatic carbocycles. The molecule has 0 aromatic rings. The number of rotatable bonds is 17. The molecule has 0 amide bonds. The molecule has 0 aromatic heterocycles. The summed E-state index contributed by atoms with van der Waals surface area (Å²) in [5, 5.41) is 12.1. The zero-order chi connectivity index (χ0) is 16.5. The Kier molecular flexibility index (Phi) is 15.9. The van der Waals surface area contributed by atoms with Gasteiger partial charge in [0.05, 0.1) is 26.2 Å². The zero-order valence-corrected chi connectivity index (χ0v) is 14.3. The molecule has 0 saturated heterocycles. The molecular weight excluding hydrogens is 280 g/mol. The fourth-order valence-electron chi connectivity index (χ4n) is 2.18. The molecule has 0 rings (SSSR count). The van der Waals surface area contributed by atoms with E-state index in [0.717, 1.165) is 25.9 Å². The van der Waals surface area contributed by atoms with Crippen LogP contribution in [0.2, 0.25) is 0 Å². The lowest BCUT2D eigenvalue weighted by Gasteiger charge is -2.05. The number of Topliss-reactive ketones (excluding diaryl/α,β-unsaturated/α-hetero) is 2. The van der Waals surface area contributed by atoms with Gasteiger partial charge in [-0.15, -0.1) is 0 Å². The Labute approximate surface area is 135 Å². The molecule has 0 heterocycles. The molecule has 130 valence electrons. The van der Waals surface area contributed by atoms with E-state index in [1.807, 2.05) is 0 Å². The van der Waals surface area contributed by atoms with Gasteiger partial charge in [0, 0.05) is 0 Å². The van der Waals surface area contributed by atoms with Crippen LogP contribution in [0.25, 0.3) is 0 Å². The van der Waals surface area contributed by atoms with Crippen LogP contribution in [0, 0.1) is 0 Å². The maximum atomic E-state index is 11.2. The van der Waals surface area contributed by atoms with E-state index in [1.165, 1.54) is 25.7 Å².